The monoisotopic (exact) mass is 297 g/mol. The number of halogens is 1. The highest BCUT2D eigenvalue weighted by Crippen LogP contribution is 2.43. The van der Waals surface area contributed by atoms with E-state index in [-0.39, 0.29) is 0 Å². The van der Waals surface area contributed by atoms with Crippen LogP contribution in [0.1, 0.15) is 12.0 Å². The number of nitrogens with one attached hydrogen (secondary N) is 1. The number of carbonyl (C=O) groups excluding carboxylic acids is 2. The Morgan fingerprint density at radius 3 is 2.88 bits per heavy atom. The van der Waals surface area contributed by atoms with Crippen LogP contribution in [0.4, 0.5) is 4.79 Å². The van der Waals surface area contributed by atoms with Crippen LogP contribution < -0.4 is 10.1 Å². The van der Waals surface area contributed by atoms with Gasteiger partial charge in [-0.2, -0.15) is 0 Å². The van der Waals surface area contributed by atoms with Gasteiger partial charge in [-0.25, -0.2) is 4.79 Å². The largest absolute Gasteiger partial charge is 0.493 e. The van der Waals surface area contributed by atoms with Gasteiger partial charge in [-0.1, -0.05) is 15.9 Å². The molecule has 6 heteroatoms. The zero-order valence-electron chi connectivity index (χ0n) is 8.66. The van der Waals surface area contributed by atoms with Gasteiger partial charge in [0.05, 0.1) is 6.61 Å². The molecule has 2 amide bonds. The average Bonchev–Trinajstić information content (AvgIpc) is 2.56. The van der Waals surface area contributed by atoms with Crippen LogP contribution in [0.15, 0.2) is 22.7 Å². The Labute approximate surface area is 105 Å². The number of amides is 2. The van der Waals surface area contributed by atoms with E-state index in [1.807, 2.05) is 6.07 Å². The Morgan fingerprint density at radius 2 is 2.18 bits per heavy atom. The number of ether oxygens (including phenoxy) is 2. The van der Waals surface area contributed by atoms with Gasteiger partial charge in [-0.15, -0.1) is 0 Å². The first-order valence-electron chi connectivity index (χ1n) is 5.09. The quantitative estimate of drug-likeness (QED) is 0.791. The normalized spacial score (nSPS) is 26.2. The summed E-state index contributed by atoms with van der Waals surface area (Å²) in [4.78, 5) is 23.1. The molecular weight excluding hydrogens is 290 g/mol. The predicted octanol–water partition coefficient (Wildman–Crippen LogP) is 1.69. The van der Waals surface area contributed by atoms with E-state index in [1.165, 1.54) is 0 Å². The number of benzene rings is 1. The molecule has 2 aliphatic rings. The number of alkyl carbamates (subject to hydrolysis) is 1. The zero-order chi connectivity index (χ0) is 12.0. The van der Waals surface area contributed by atoms with E-state index in [2.05, 4.69) is 21.2 Å². The molecule has 5 nitrogen and oxygen atoms in total. The van der Waals surface area contributed by atoms with Gasteiger partial charge in [0, 0.05) is 16.5 Å². The molecule has 1 spiro atoms. The van der Waals surface area contributed by atoms with E-state index in [9.17, 15) is 9.59 Å². The first-order chi connectivity index (χ1) is 8.12. The van der Waals surface area contributed by atoms with E-state index in [4.69, 9.17) is 9.47 Å². The summed E-state index contributed by atoms with van der Waals surface area (Å²) < 4.78 is 11.4. The summed E-state index contributed by atoms with van der Waals surface area (Å²) in [7, 11) is 0. The molecule has 0 aliphatic carbocycles. The molecule has 1 aromatic rings. The average molecular weight is 298 g/mol. The van der Waals surface area contributed by atoms with Crippen LogP contribution in [-0.4, -0.2) is 18.6 Å². The minimum Gasteiger partial charge on any atom is -0.493 e. The Kier molecular flexibility index (Phi) is 2.16. The third kappa shape index (κ3) is 1.44. The van der Waals surface area contributed by atoms with Crippen molar-refractivity contribution < 1.29 is 19.1 Å². The Morgan fingerprint density at radius 1 is 1.35 bits per heavy atom. The van der Waals surface area contributed by atoms with Gasteiger partial charge in [-0.3, -0.25) is 10.1 Å². The third-order valence-electron chi connectivity index (χ3n) is 2.94. The molecule has 0 radical (unpaired) electrons. The lowest BCUT2D eigenvalue weighted by atomic mass is 9.87. The van der Waals surface area contributed by atoms with Crippen molar-refractivity contribution in [3.05, 3.63) is 28.2 Å². The van der Waals surface area contributed by atoms with Gasteiger partial charge >= 0.3 is 6.09 Å². The molecule has 1 aromatic carbocycles. The van der Waals surface area contributed by atoms with E-state index in [0.717, 1.165) is 4.47 Å². The topological polar surface area (TPSA) is 64.6 Å². The van der Waals surface area contributed by atoms with Crippen molar-refractivity contribution in [1.29, 1.82) is 0 Å². The first kappa shape index (κ1) is 10.6. The lowest BCUT2D eigenvalue weighted by molar-refractivity contribution is -0.134. The minimum absolute atomic E-state index is 0.327. The van der Waals surface area contributed by atoms with Gasteiger partial charge < -0.3 is 9.47 Å². The summed E-state index contributed by atoms with van der Waals surface area (Å²) >= 11 is 3.33. The molecule has 3 rings (SSSR count). The maximum absolute atomic E-state index is 11.9. The van der Waals surface area contributed by atoms with Gasteiger partial charge in [-0.05, 0) is 18.2 Å². The number of carbonyl (C=O) groups is 2. The summed E-state index contributed by atoms with van der Waals surface area (Å²) in [6, 6.07) is 5.30. The molecule has 17 heavy (non-hydrogen) atoms. The standard InChI is InChI=1S/C11H8BrNO4/c12-6-1-2-8-7(5-6)11(3-4-16-8)9(14)13-10(15)17-11/h1-2,5H,3-4H2,(H,13,14,15). The van der Waals surface area contributed by atoms with Crippen LogP contribution in [-0.2, 0) is 15.1 Å². The van der Waals surface area contributed by atoms with Crippen molar-refractivity contribution >= 4 is 27.9 Å². The number of fused-ring (bicyclic) bond motifs is 2. The fraction of sp³-hybridized carbons (Fsp3) is 0.273. The molecular formula is C11H8BrNO4. The van der Waals surface area contributed by atoms with Crippen LogP contribution in [0.2, 0.25) is 0 Å². The fourth-order valence-electron chi connectivity index (χ4n) is 2.15. The Bertz CT molecular complexity index is 530. The van der Waals surface area contributed by atoms with Gasteiger partial charge in [0.25, 0.3) is 5.91 Å². The lowest BCUT2D eigenvalue weighted by Crippen LogP contribution is -2.40. The predicted molar refractivity (Wildman–Crippen MR) is 60.6 cm³/mol. The minimum atomic E-state index is -1.23. The van der Waals surface area contributed by atoms with Crippen molar-refractivity contribution in [3.63, 3.8) is 0 Å². The van der Waals surface area contributed by atoms with Crippen LogP contribution in [0.5, 0.6) is 5.75 Å². The summed E-state index contributed by atoms with van der Waals surface area (Å²) in [5.74, 6) is 0.148. The number of rotatable bonds is 0. The summed E-state index contributed by atoms with van der Waals surface area (Å²) in [6.07, 6.45) is -0.378. The molecule has 0 aromatic heterocycles. The van der Waals surface area contributed by atoms with Crippen LogP contribution in [0.3, 0.4) is 0 Å². The molecule has 88 valence electrons. The molecule has 1 N–H and O–H groups in total. The van der Waals surface area contributed by atoms with Gasteiger partial charge in [0.2, 0.25) is 5.60 Å². The van der Waals surface area contributed by atoms with Crippen molar-refractivity contribution in [2.75, 3.05) is 6.61 Å². The number of imide groups is 1. The second-order valence-corrected chi connectivity index (χ2v) is 4.83. The van der Waals surface area contributed by atoms with Gasteiger partial charge in [0.15, 0.2) is 0 Å². The fourth-order valence-corrected chi connectivity index (χ4v) is 2.51. The molecule has 1 atom stereocenters. The van der Waals surface area contributed by atoms with Crippen LogP contribution in [0, 0.1) is 0 Å². The van der Waals surface area contributed by atoms with E-state index < -0.39 is 17.6 Å². The summed E-state index contributed by atoms with van der Waals surface area (Å²) in [5.41, 5.74) is -0.643. The Balaban J connectivity index is 2.19. The smallest absolute Gasteiger partial charge is 0.415 e. The first-order valence-corrected chi connectivity index (χ1v) is 5.88. The number of hydrogen-bond acceptors (Lipinski definition) is 4. The van der Waals surface area contributed by atoms with E-state index in [1.54, 1.807) is 12.1 Å². The Hall–Kier alpha value is -1.56. The molecule has 1 unspecified atom stereocenters. The van der Waals surface area contributed by atoms with Crippen molar-refractivity contribution in [2.45, 2.75) is 12.0 Å². The van der Waals surface area contributed by atoms with Crippen molar-refractivity contribution in [3.8, 4) is 5.75 Å². The maximum Gasteiger partial charge on any atom is 0.415 e. The van der Waals surface area contributed by atoms with E-state index in [0.29, 0.717) is 24.3 Å². The van der Waals surface area contributed by atoms with Crippen molar-refractivity contribution in [1.82, 2.24) is 5.32 Å². The second kappa shape index (κ2) is 3.46. The molecule has 0 saturated carbocycles. The lowest BCUT2D eigenvalue weighted by Gasteiger charge is -2.31. The molecule has 0 bridgehead atoms. The SMILES string of the molecule is O=C1NC(=O)C2(CCOc3ccc(Br)cc32)O1. The maximum atomic E-state index is 11.9. The molecule has 1 saturated heterocycles. The highest BCUT2D eigenvalue weighted by atomic mass is 79.9. The van der Waals surface area contributed by atoms with Crippen LogP contribution in [0.25, 0.3) is 0 Å². The van der Waals surface area contributed by atoms with E-state index >= 15 is 0 Å². The number of hydrogen-bond donors (Lipinski definition) is 1. The highest BCUT2D eigenvalue weighted by Gasteiger charge is 2.53. The van der Waals surface area contributed by atoms with Gasteiger partial charge in [0.1, 0.15) is 5.75 Å². The van der Waals surface area contributed by atoms with Crippen molar-refractivity contribution in [2.24, 2.45) is 0 Å². The molecule has 1 fully saturated rings. The molecule has 2 aliphatic heterocycles. The summed E-state index contributed by atoms with van der Waals surface area (Å²) in [5, 5.41) is 2.17. The highest BCUT2D eigenvalue weighted by molar-refractivity contribution is 9.10. The zero-order valence-corrected chi connectivity index (χ0v) is 10.2. The molecule has 2 heterocycles. The van der Waals surface area contributed by atoms with Crippen LogP contribution >= 0.6 is 15.9 Å². The second-order valence-electron chi connectivity index (χ2n) is 3.91. The summed E-state index contributed by atoms with van der Waals surface area (Å²) in [6.45, 7) is 0.343. The third-order valence-corrected chi connectivity index (χ3v) is 3.43.